The summed E-state index contributed by atoms with van der Waals surface area (Å²) in [4.78, 5) is 13.3. The van der Waals surface area contributed by atoms with Crippen LogP contribution in [-0.2, 0) is 14.8 Å². The van der Waals surface area contributed by atoms with E-state index in [1.807, 2.05) is 19.0 Å². The summed E-state index contributed by atoms with van der Waals surface area (Å²) in [7, 11) is 0.379. The molecule has 1 aliphatic heterocycles. The SMILES string of the molecule is CN(C)C1CC(C(=O)O)CN(S(=O)(=O)CC2CCCCC2)C1. The van der Waals surface area contributed by atoms with Gasteiger partial charge in [-0.25, -0.2) is 8.42 Å². The second kappa shape index (κ2) is 7.27. The van der Waals surface area contributed by atoms with Crippen LogP contribution in [0.5, 0.6) is 0 Å². The molecule has 2 rings (SSSR count). The third-order valence-electron chi connectivity index (χ3n) is 5.04. The highest BCUT2D eigenvalue weighted by Crippen LogP contribution is 2.28. The Kier molecular flexibility index (Phi) is 5.85. The standard InChI is InChI=1S/C15H28N2O4S/c1-16(2)14-8-13(15(18)19)9-17(10-14)22(20,21)11-12-6-4-3-5-7-12/h12-14H,3-11H2,1-2H3,(H,18,19). The number of aliphatic carboxylic acids is 1. The van der Waals surface area contributed by atoms with E-state index < -0.39 is 21.9 Å². The van der Waals surface area contributed by atoms with E-state index in [1.165, 1.54) is 10.7 Å². The van der Waals surface area contributed by atoms with Crippen molar-refractivity contribution < 1.29 is 18.3 Å². The molecule has 1 aliphatic carbocycles. The number of rotatable bonds is 5. The molecule has 6 nitrogen and oxygen atoms in total. The first kappa shape index (κ1) is 17.7. The van der Waals surface area contributed by atoms with Crippen LogP contribution in [0.15, 0.2) is 0 Å². The average Bonchev–Trinajstić information content (AvgIpc) is 2.47. The maximum atomic E-state index is 12.7. The molecular formula is C15H28N2O4S. The van der Waals surface area contributed by atoms with Gasteiger partial charge in [0.25, 0.3) is 0 Å². The molecule has 0 aromatic carbocycles. The van der Waals surface area contributed by atoms with Gasteiger partial charge in [0.15, 0.2) is 0 Å². The molecule has 2 aliphatic rings. The van der Waals surface area contributed by atoms with E-state index in [9.17, 15) is 18.3 Å². The number of carboxylic acid groups (broad SMARTS) is 1. The van der Waals surface area contributed by atoms with Crippen LogP contribution in [0.4, 0.5) is 0 Å². The van der Waals surface area contributed by atoms with Gasteiger partial charge in [0.1, 0.15) is 0 Å². The van der Waals surface area contributed by atoms with Gasteiger partial charge in [-0.05, 0) is 39.3 Å². The summed E-state index contributed by atoms with van der Waals surface area (Å²) in [6, 6.07) is -0.0315. The molecule has 0 aromatic rings. The van der Waals surface area contributed by atoms with Gasteiger partial charge in [0.05, 0.1) is 11.7 Å². The van der Waals surface area contributed by atoms with Crippen molar-refractivity contribution in [2.45, 2.75) is 44.6 Å². The third-order valence-corrected chi connectivity index (χ3v) is 7.02. The van der Waals surface area contributed by atoms with Gasteiger partial charge >= 0.3 is 5.97 Å². The van der Waals surface area contributed by atoms with E-state index in [0.29, 0.717) is 13.0 Å². The number of nitrogens with zero attached hydrogens (tertiary/aromatic N) is 2. The second-order valence-electron chi connectivity index (χ2n) is 6.99. The van der Waals surface area contributed by atoms with E-state index in [4.69, 9.17) is 0 Å². The van der Waals surface area contributed by atoms with Gasteiger partial charge in [0, 0.05) is 19.1 Å². The number of likely N-dealkylation sites (N-methyl/N-ethyl adjacent to an activating group) is 1. The summed E-state index contributed by atoms with van der Waals surface area (Å²) in [5.41, 5.74) is 0. The van der Waals surface area contributed by atoms with E-state index >= 15 is 0 Å². The number of sulfonamides is 1. The van der Waals surface area contributed by atoms with Crippen LogP contribution in [-0.4, -0.2) is 67.7 Å². The van der Waals surface area contributed by atoms with Crippen molar-refractivity contribution in [1.82, 2.24) is 9.21 Å². The molecule has 1 N–H and O–H groups in total. The number of carboxylic acids is 1. The quantitative estimate of drug-likeness (QED) is 0.819. The third kappa shape index (κ3) is 4.43. The average molecular weight is 332 g/mol. The Balaban J connectivity index is 2.08. The Morgan fingerprint density at radius 1 is 1.18 bits per heavy atom. The molecular weight excluding hydrogens is 304 g/mol. The number of hydrogen-bond donors (Lipinski definition) is 1. The first-order chi connectivity index (χ1) is 10.3. The zero-order chi connectivity index (χ0) is 16.3. The molecule has 1 saturated carbocycles. The fourth-order valence-electron chi connectivity index (χ4n) is 3.57. The van der Waals surface area contributed by atoms with Crippen molar-refractivity contribution in [2.75, 3.05) is 32.9 Å². The molecule has 0 aromatic heterocycles. The topological polar surface area (TPSA) is 77.9 Å². The van der Waals surface area contributed by atoms with Crippen LogP contribution in [0.1, 0.15) is 38.5 Å². The van der Waals surface area contributed by atoms with E-state index in [-0.39, 0.29) is 24.3 Å². The van der Waals surface area contributed by atoms with Gasteiger partial charge in [-0.2, -0.15) is 4.31 Å². The minimum absolute atomic E-state index is 0.0315. The van der Waals surface area contributed by atoms with Crippen molar-refractivity contribution in [2.24, 2.45) is 11.8 Å². The maximum absolute atomic E-state index is 12.7. The predicted octanol–water partition coefficient (Wildman–Crippen LogP) is 1.23. The summed E-state index contributed by atoms with van der Waals surface area (Å²) in [6.45, 7) is 0.528. The molecule has 22 heavy (non-hydrogen) atoms. The summed E-state index contributed by atoms with van der Waals surface area (Å²) in [5.74, 6) is -1.09. The first-order valence-electron chi connectivity index (χ1n) is 8.16. The molecule has 0 bridgehead atoms. The fraction of sp³-hybridized carbons (Fsp3) is 0.933. The number of piperidine rings is 1. The molecule has 7 heteroatoms. The minimum atomic E-state index is -3.37. The monoisotopic (exact) mass is 332 g/mol. The van der Waals surface area contributed by atoms with Crippen LogP contribution in [0.2, 0.25) is 0 Å². The van der Waals surface area contributed by atoms with Crippen LogP contribution in [0.3, 0.4) is 0 Å². The highest BCUT2D eigenvalue weighted by molar-refractivity contribution is 7.89. The lowest BCUT2D eigenvalue weighted by molar-refractivity contribution is -0.143. The van der Waals surface area contributed by atoms with Crippen molar-refractivity contribution in [1.29, 1.82) is 0 Å². The molecule has 1 saturated heterocycles. The first-order valence-corrected chi connectivity index (χ1v) is 9.77. The maximum Gasteiger partial charge on any atom is 0.307 e. The highest BCUT2D eigenvalue weighted by atomic mass is 32.2. The minimum Gasteiger partial charge on any atom is -0.481 e. The van der Waals surface area contributed by atoms with Crippen molar-refractivity contribution >= 4 is 16.0 Å². The smallest absolute Gasteiger partial charge is 0.307 e. The predicted molar refractivity (Wildman–Crippen MR) is 85.2 cm³/mol. The largest absolute Gasteiger partial charge is 0.481 e. The van der Waals surface area contributed by atoms with E-state index in [1.54, 1.807) is 0 Å². The summed E-state index contributed by atoms with van der Waals surface area (Å²) in [6.07, 6.45) is 5.89. The van der Waals surface area contributed by atoms with Crippen molar-refractivity contribution in [3.8, 4) is 0 Å². The van der Waals surface area contributed by atoms with Gasteiger partial charge < -0.3 is 10.0 Å². The zero-order valence-electron chi connectivity index (χ0n) is 13.6. The summed E-state index contributed by atoms with van der Waals surface area (Å²) >= 11 is 0. The highest BCUT2D eigenvalue weighted by Gasteiger charge is 2.38. The Hall–Kier alpha value is -0.660. The van der Waals surface area contributed by atoms with Crippen LogP contribution in [0, 0.1) is 11.8 Å². The van der Waals surface area contributed by atoms with Crippen LogP contribution in [0.25, 0.3) is 0 Å². The molecule has 0 amide bonds. The van der Waals surface area contributed by atoms with Crippen molar-refractivity contribution in [3.63, 3.8) is 0 Å². The van der Waals surface area contributed by atoms with Crippen LogP contribution >= 0.6 is 0 Å². The van der Waals surface area contributed by atoms with Crippen LogP contribution < -0.4 is 0 Å². The molecule has 2 atom stereocenters. The lowest BCUT2D eigenvalue weighted by atomic mass is 9.91. The van der Waals surface area contributed by atoms with E-state index in [0.717, 1.165) is 25.7 Å². The van der Waals surface area contributed by atoms with Gasteiger partial charge in [-0.3, -0.25) is 4.79 Å². The molecule has 1 heterocycles. The normalized spacial score (nSPS) is 28.9. The summed E-state index contributed by atoms with van der Waals surface area (Å²) in [5, 5.41) is 9.30. The number of carbonyl (C=O) groups is 1. The summed E-state index contributed by atoms with van der Waals surface area (Å²) < 4.78 is 26.8. The molecule has 2 fully saturated rings. The molecule has 2 unspecified atom stereocenters. The zero-order valence-corrected chi connectivity index (χ0v) is 14.4. The van der Waals surface area contributed by atoms with Gasteiger partial charge in [0.2, 0.25) is 10.0 Å². The Labute approximate surface area is 133 Å². The molecule has 0 radical (unpaired) electrons. The van der Waals surface area contributed by atoms with E-state index in [2.05, 4.69) is 0 Å². The Bertz CT molecular complexity index is 486. The number of hydrogen-bond acceptors (Lipinski definition) is 4. The molecule has 128 valence electrons. The Morgan fingerprint density at radius 2 is 1.82 bits per heavy atom. The lowest BCUT2D eigenvalue weighted by Crippen LogP contribution is -2.53. The van der Waals surface area contributed by atoms with Gasteiger partial charge in [-0.1, -0.05) is 19.3 Å². The fourth-order valence-corrected chi connectivity index (χ4v) is 5.52. The Morgan fingerprint density at radius 3 is 2.36 bits per heavy atom. The van der Waals surface area contributed by atoms with Crippen molar-refractivity contribution in [3.05, 3.63) is 0 Å². The van der Waals surface area contributed by atoms with Gasteiger partial charge in [-0.15, -0.1) is 0 Å². The lowest BCUT2D eigenvalue weighted by Gasteiger charge is -2.39. The molecule has 0 spiro atoms. The second-order valence-corrected chi connectivity index (χ2v) is 9.00.